The van der Waals surface area contributed by atoms with Crippen molar-refractivity contribution in [3.63, 3.8) is 0 Å². The van der Waals surface area contributed by atoms with Crippen LogP contribution in [0.15, 0.2) is 22.6 Å². The highest BCUT2D eigenvalue weighted by Crippen LogP contribution is 2.34. The fourth-order valence-corrected chi connectivity index (χ4v) is 1.97. The van der Waals surface area contributed by atoms with Gasteiger partial charge in [-0.25, -0.2) is 0 Å². The molecular formula is C14H18N2O2. The molecule has 1 aromatic carbocycles. The Morgan fingerprint density at radius 1 is 1.28 bits per heavy atom. The molecule has 0 fully saturated rings. The molecule has 0 bridgehead atoms. The summed E-state index contributed by atoms with van der Waals surface area (Å²) in [6.07, 6.45) is 1.73. The maximum absolute atomic E-state index is 5.64. The van der Waals surface area contributed by atoms with E-state index in [9.17, 15) is 0 Å². The standard InChI is InChI=1S/C14H18N2O2/c1-4-9-6-7-12(17-3)10(8-9)13-11(5-2)16-14(15)18-13/h6-8H,4-5H2,1-3H3,(H2,15,16). The first kappa shape index (κ1) is 12.5. The number of nitrogens with zero attached hydrogens (tertiary/aromatic N) is 1. The van der Waals surface area contributed by atoms with Gasteiger partial charge in [0.2, 0.25) is 0 Å². The van der Waals surface area contributed by atoms with E-state index in [1.165, 1.54) is 5.56 Å². The maximum atomic E-state index is 5.64. The zero-order valence-electron chi connectivity index (χ0n) is 11.0. The van der Waals surface area contributed by atoms with Crippen molar-refractivity contribution in [3.8, 4) is 17.1 Å². The van der Waals surface area contributed by atoms with E-state index >= 15 is 0 Å². The summed E-state index contributed by atoms with van der Waals surface area (Å²) in [4.78, 5) is 4.19. The number of hydrogen-bond acceptors (Lipinski definition) is 4. The number of oxazole rings is 1. The molecule has 0 unspecified atom stereocenters. The number of benzene rings is 1. The maximum Gasteiger partial charge on any atom is 0.292 e. The van der Waals surface area contributed by atoms with E-state index in [1.54, 1.807) is 7.11 Å². The number of methoxy groups -OCH3 is 1. The van der Waals surface area contributed by atoms with Gasteiger partial charge in [-0.1, -0.05) is 19.9 Å². The van der Waals surface area contributed by atoms with Gasteiger partial charge in [0.15, 0.2) is 5.76 Å². The molecule has 0 amide bonds. The van der Waals surface area contributed by atoms with Gasteiger partial charge in [0.1, 0.15) is 5.75 Å². The lowest BCUT2D eigenvalue weighted by molar-refractivity contribution is 0.414. The summed E-state index contributed by atoms with van der Waals surface area (Å²) in [6.45, 7) is 4.14. The molecule has 0 saturated carbocycles. The third-order valence-electron chi connectivity index (χ3n) is 2.97. The van der Waals surface area contributed by atoms with Gasteiger partial charge < -0.3 is 14.9 Å². The summed E-state index contributed by atoms with van der Waals surface area (Å²) in [6, 6.07) is 6.27. The first-order valence-electron chi connectivity index (χ1n) is 6.12. The number of aryl methyl sites for hydroxylation is 2. The van der Waals surface area contributed by atoms with E-state index in [1.807, 2.05) is 19.1 Å². The zero-order valence-corrected chi connectivity index (χ0v) is 11.0. The van der Waals surface area contributed by atoms with E-state index in [4.69, 9.17) is 14.9 Å². The number of ether oxygens (including phenoxy) is 1. The van der Waals surface area contributed by atoms with E-state index in [0.29, 0.717) is 5.76 Å². The minimum Gasteiger partial charge on any atom is -0.496 e. The normalized spacial score (nSPS) is 10.6. The summed E-state index contributed by atoms with van der Waals surface area (Å²) in [5, 5.41) is 0. The van der Waals surface area contributed by atoms with Gasteiger partial charge >= 0.3 is 0 Å². The lowest BCUT2D eigenvalue weighted by Gasteiger charge is -2.08. The molecule has 4 heteroatoms. The minimum atomic E-state index is 0.200. The summed E-state index contributed by atoms with van der Waals surface area (Å²) in [5.74, 6) is 1.49. The van der Waals surface area contributed by atoms with Crippen LogP contribution in [0, 0.1) is 0 Å². The van der Waals surface area contributed by atoms with Crippen molar-refractivity contribution >= 4 is 6.01 Å². The number of hydrogen-bond donors (Lipinski definition) is 1. The molecule has 0 aliphatic rings. The van der Waals surface area contributed by atoms with Gasteiger partial charge in [0.05, 0.1) is 18.4 Å². The van der Waals surface area contributed by atoms with E-state index < -0.39 is 0 Å². The van der Waals surface area contributed by atoms with Crippen LogP contribution in [-0.4, -0.2) is 12.1 Å². The molecule has 2 aromatic rings. The largest absolute Gasteiger partial charge is 0.496 e. The van der Waals surface area contributed by atoms with Crippen LogP contribution in [0.25, 0.3) is 11.3 Å². The molecule has 2 rings (SSSR count). The smallest absolute Gasteiger partial charge is 0.292 e. The summed E-state index contributed by atoms with van der Waals surface area (Å²) >= 11 is 0. The van der Waals surface area contributed by atoms with Crippen LogP contribution in [0.5, 0.6) is 5.75 Å². The van der Waals surface area contributed by atoms with Crippen LogP contribution in [-0.2, 0) is 12.8 Å². The Morgan fingerprint density at radius 3 is 2.67 bits per heavy atom. The van der Waals surface area contributed by atoms with Crippen molar-refractivity contribution in [3.05, 3.63) is 29.5 Å². The van der Waals surface area contributed by atoms with Crippen LogP contribution in [0.2, 0.25) is 0 Å². The SMILES string of the molecule is CCc1ccc(OC)c(-c2oc(N)nc2CC)c1. The van der Waals surface area contributed by atoms with Gasteiger partial charge in [-0.05, 0) is 30.5 Å². The first-order valence-corrected chi connectivity index (χ1v) is 6.12. The quantitative estimate of drug-likeness (QED) is 0.900. The van der Waals surface area contributed by atoms with Crippen LogP contribution >= 0.6 is 0 Å². The summed E-state index contributed by atoms with van der Waals surface area (Å²) in [5.41, 5.74) is 8.64. The van der Waals surface area contributed by atoms with Crippen molar-refractivity contribution in [1.82, 2.24) is 4.98 Å². The minimum absolute atomic E-state index is 0.200. The third-order valence-corrected chi connectivity index (χ3v) is 2.97. The Kier molecular flexibility index (Phi) is 3.55. The fourth-order valence-electron chi connectivity index (χ4n) is 1.97. The van der Waals surface area contributed by atoms with Crippen molar-refractivity contribution in [1.29, 1.82) is 0 Å². The highest BCUT2D eigenvalue weighted by Gasteiger charge is 2.16. The van der Waals surface area contributed by atoms with Crippen molar-refractivity contribution in [2.24, 2.45) is 0 Å². The average Bonchev–Trinajstić information content (AvgIpc) is 2.79. The monoisotopic (exact) mass is 246 g/mol. The Labute approximate surface area is 107 Å². The van der Waals surface area contributed by atoms with Crippen molar-refractivity contribution < 1.29 is 9.15 Å². The number of nitrogens with two attached hydrogens (primary N) is 1. The lowest BCUT2D eigenvalue weighted by Crippen LogP contribution is -1.92. The van der Waals surface area contributed by atoms with Crippen LogP contribution in [0.1, 0.15) is 25.1 Å². The predicted molar refractivity (Wildman–Crippen MR) is 71.7 cm³/mol. The number of anilines is 1. The van der Waals surface area contributed by atoms with Gasteiger partial charge in [-0.15, -0.1) is 0 Å². The Hall–Kier alpha value is -1.97. The third kappa shape index (κ3) is 2.18. The van der Waals surface area contributed by atoms with Gasteiger partial charge in [-0.3, -0.25) is 0 Å². The topological polar surface area (TPSA) is 61.3 Å². The molecule has 96 valence electrons. The second kappa shape index (κ2) is 5.12. The molecule has 0 aliphatic heterocycles. The molecule has 4 nitrogen and oxygen atoms in total. The molecule has 0 saturated heterocycles. The molecule has 0 radical (unpaired) electrons. The molecule has 1 aromatic heterocycles. The molecule has 2 N–H and O–H groups in total. The van der Waals surface area contributed by atoms with Crippen LogP contribution in [0.3, 0.4) is 0 Å². The van der Waals surface area contributed by atoms with Crippen molar-refractivity contribution in [2.45, 2.75) is 26.7 Å². The van der Waals surface area contributed by atoms with Gasteiger partial charge in [0, 0.05) is 0 Å². The van der Waals surface area contributed by atoms with Crippen LogP contribution < -0.4 is 10.5 Å². The van der Waals surface area contributed by atoms with Gasteiger partial charge in [0.25, 0.3) is 6.01 Å². The molecule has 0 atom stereocenters. The number of rotatable bonds is 4. The van der Waals surface area contributed by atoms with E-state index in [-0.39, 0.29) is 6.01 Å². The van der Waals surface area contributed by atoms with Crippen LogP contribution in [0.4, 0.5) is 6.01 Å². The average molecular weight is 246 g/mol. The Bertz CT molecular complexity index is 547. The second-order valence-corrected chi connectivity index (χ2v) is 4.07. The molecule has 0 spiro atoms. The summed E-state index contributed by atoms with van der Waals surface area (Å²) in [7, 11) is 1.65. The highest BCUT2D eigenvalue weighted by atomic mass is 16.5. The van der Waals surface area contributed by atoms with E-state index in [0.717, 1.165) is 29.8 Å². The number of aromatic nitrogens is 1. The predicted octanol–water partition coefficient (Wildman–Crippen LogP) is 3.06. The Balaban J connectivity index is 2.60. The second-order valence-electron chi connectivity index (χ2n) is 4.07. The van der Waals surface area contributed by atoms with E-state index in [2.05, 4.69) is 18.0 Å². The lowest BCUT2D eigenvalue weighted by atomic mass is 10.0. The molecular weight excluding hydrogens is 228 g/mol. The molecule has 0 aliphatic carbocycles. The zero-order chi connectivity index (χ0) is 13.1. The molecule has 1 heterocycles. The van der Waals surface area contributed by atoms with Crippen molar-refractivity contribution in [2.75, 3.05) is 12.8 Å². The number of nitrogen functional groups attached to an aromatic ring is 1. The Morgan fingerprint density at radius 2 is 2.06 bits per heavy atom. The molecule has 18 heavy (non-hydrogen) atoms. The first-order chi connectivity index (χ1) is 8.69. The summed E-state index contributed by atoms with van der Waals surface area (Å²) < 4.78 is 10.9. The fraction of sp³-hybridized carbons (Fsp3) is 0.357. The van der Waals surface area contributed by atoms with Gasteiger partial charge in [-0.2, -0.15) is 4.98 Å². The highest BCUT2D eigenvalue weighted by molar-refractivity contribution is 5.69.